The van der Waals surface area contributed by atoms with E-state index in [1.54, 1.807) is 6.07 Å². The number of halogens is 3. The van der Waals surface area contributed by atoms with Gasteiger partial charge in [-0.15, -0.1) is 0 Å². The van der Waals surface area contributed by atoms with Crippen molar-refractivity contribution in [2.75, 3.05) is 5.73 Å². The van der Waals surface area contributed by atoms with Crippen LogP contribution in [0.15, 0.2) is 47.0 Å². The van der Waals surface area contributed by atoms with E-state index in [9.17, 15) is 13.2 Å². The Bertz CT molecular complexity index is 814. The molecule has 2 N–H and O–H groups in total. The molecule has 3 rings (SSSR count). The van der Waals surface area contributed by atoms with Crippen LogP contribution in [0.1, 0.15) is 0 Å². The molecule has 2 aromatic carbocycles. The average molecular weight is 290 g/mol. The van der Waals surface area contributed by atoms with E-state index in [1.165, 1.54) is 30.3 Å². The van der Waals surface area contributed by atoms with Crippen molar-refractivity contribution in [3.05, 3.63) is 59.9 Å². The van der Waals surface area contributed by atoms with Gasteiger partial charge in [-0.2, -0.15) is 0 Å². The second-order valence-electron chi connectivity index (χ2n) is 4.38. The molecule has 0 atom stereocenters. The van der Waals surface area contributed by atoms with Gasteiger partial charge in [0.2, 0.25) is 0 Å². The van der Waals surface area contributed by atoms with Crippen LogP contribution in [0, 0.1) is 17.5 Å². The third-order valence-corrected chi connectivity index (χ3v) is 3.03. The lowest BCUT2D eigenvalue weighted by molar-refractivity contribution is 0.430. The van der Waals surface area contributed by atoms with E-state index in [2.05, 4.69) is 5.16 Å². The lowest BCUT2D eigenvalue weighted by atomic mass is 10.0. The number of anilines is 1. The van der Waals surface area contributed by atoms with E-state index in [0.29, 0.717) is 5.56 Å². The minimum atomic E-state index is -1.08. The number of aromatic nitrogens is 1. The molecule has 106 valence electrons. The highest BCUT2D eigenvalue weighted by Gasteiger charge is 2.22. The van der Waals surface area contributed by atoms with Gasteiger partial charge in [-0.3, -0.25) is 0 Å². The monoisotopic (exact) mass is 290 g/mol. The zero-order chi connectivity index (χ0) is 15.0. The molecule has 3 nitrogen and oxygen atoms in total. The average Bonchev–Trinajstić information content (AvgIpc) is 2.83. The minimum Gasteiger partial charge on any atom is -0.380 e. The van der Waals surface area contributed by atoms with Crippen LogP contribution < -0.4 is 5.73 Å². The smallest absolute Gasteiger partial charge is 0.179 e. The van der Waals surface area contributed by atoms with Crippen molar-refractivity contribution >= 4 is 5.82 Å². The molecule has 21 heavy (non-hydrogen) atoms. The van der Waals surface area contributed by atoms with Gasteiger partial charge in [-0.25, -0.2) is 13.2 Å². The highest BCUT2D eigenvalue weighted by atomic mass is 19.2. The predicted octanol–water partition coefficient (Wildman–Crippen LogP) is 4.01. The second kappa shape index (κ2) is 4.97. The summed E-state index contributed by atoms with van der Waals surface area (Å²) >= 11 is 0. The van der Waals surface area contributed by atoms with Gasteiger partial charge >= 0.3 is 0 Å². The normalized spacial score (nSPS) is 10.8. The highest BCUT2D eigenvalue weighted by Crippen LogP contribution is 2.38. The van der Waals surface area contributed by atoms with E-state index >= 15 is 0 Å². The predicted molar refractivity (Wildman–Crippen MR) is 71.7 cm³/mol. The third kappa shape index (κ3) is 2.24. The van der Waals surface area contributed by atoms with Gasteiger partial charge in [0, 0.05) is 0 Å². The molecule has 0 saturated carbocycles. The van der Waals surface area contributed by atoms with Gasteiger partial charge in [-0.05, 0) is 29.8 Å². The summed E-state index contributed by atoms with van der Waals surface area (Å²) in [5.74, 6) is -2.66. The van der Waals surface area contributed by atoms with Crippen LogP contribution in [0.3, 0.4) is 0 Å². The zero-order valence-corrected chi connectivity index (χ0v) is 10.6. The van der Waals surface area contributed by atoms with Gasteiger partial charge in [0.05, 0.1) is 11.1 Å². The quantitative estimate of drug-likeness (QED) is 0.776. The molecule has 0 unspecified atom stereocenters. The van der Waals surface area contributed by atoms with Crippen LogP contribution in [0.25, 0.3) is 22.5 Å². The maximum Gasteiger partial charge on any atom is 0.179 e. The van der Waals surface area contributed by atoms with Gasteiger partial charge in [0.1, 0.15) is 5.82 Å². The lowest BCUT2D eigenvalue weighted by Gasteiger charge is -2.04. The van der Waals surface area contributed by atoms with Crippen molar-refractivity contribution in [2.24, 2.45) is 0 Å². The minimum absolute atomic E-state index is 0.0285. The number of hydrogen-bond acceptors (Lipinski definition) is 3. The molecule has 3 aromatic rings. The summed E-state index contributed by atoms with van der Waals surface area (Å²) in [5.41, 5.74) is 6.17. The van der Waals surface area contributed by atoms with Gasteiger partial charge in [0.25, 0.3) is 0 Å². The fraction of sp³-hybridized carbons (Fsp3) is 0. The molecule has 0 aliphatic rings. The molecule has 0 fully saturated rings. The fourth-order valence-corrected chi connectivity index (χ4v) is 2.09. The molecule has 0 spiro atoms. The first kappa shape index (κ1) is 13.2. The van der Waals surface area contributed by atoms with Gasteiger partial charge in [0.15, 0.2) is 23.2 Å². The van der Waals surface area contributed by atoms with Crippen LogP contribution >= 0.6 is 0 Å². The molecular formula is C15H9F3N2O. The van der Waals surface area contributed by atoms with Crippen molar-refractivity contribution in [3.63, 3.8) is 0 Å². The fourth-order valence-electron chi connectivity index (χ4n) is 2.09. The Morgan fingerprint density at radius 2 is 1.76 bits per heavy atom. The van der Waals surface area contributed by atoms with Crippen LogP contribution in [-0.2, 0) is 0 Å². The summed E-state index contributed by atoms with van der Waals surface area (Å²) in [5, 5.41) is 3.56. The summed E-state index contributed by atoms with van der Waals surface area (Å²) in [4.78, 5) is 0. The summed E-state index contributed by atoms with van der Waals surface area (Å²) in [6, 6.07) is 9.18. The Labute approximate surface area is 117 Å². The molecular weight excluding hydrogens is 281 g/mol. The van der Waals surface area contributed by atoms with E-state index < -0.39 is 17.5 Å². The van der Waals surface area contributed by atoms with Crippen molar-refractivity contribution in [1.82, 2.24) is 5.16 Å². The van der Waals surface area contributed by atoms with Crippen LogP contribution in [0.5, 0.6) is 0 Å². The van der Waals surface area contributed by atoms with Gasteiger partial charge < -0.3 is 10.3 Å². The Balaban J connectivity index is 2.24. The number of benzene rings is 2. The van der Waals surface area contributed by atoms with E-state index in [4.69, 9.17) is 10.3 Å². The van der Waals surface area contributed by atoms with Crippen LogP contribution in [0.4, 0.5) is 19.0 Å². The summed E-state index contributed by atoms with van der Waals surface area (Å²) in [7, 11) is 0. The molecule has 0 amide bonds. The lowest BCUT2D eigenvalue weighted by Crippen LogP contribution is -1.92. The maximum absolute atomic E-state index is 13.9. The molecule has 0 bridgehead atoms. The number of rotatable bonds is 2. The second-order valence-corrected chi connectivity index (χ2v) is 4.38. The highest BCUT2D eigenvalue weighted by molar-refractivity contribution is 5.86. The first-order chi connectivity index (χ1) is 10.1. The zero-order valence-electron chi connectivity index (χ0n) is 10.6. The third-order valence-electron chi connectivity index (χ3n) is 3.03. The van der Waals surface area contributed by atoms with E-state index in [1.807, 2.05) is 0 Å². The summed E-state index contributed by atoms with van der Waals surface area (Å²) in [6.07, 6.45) is 0. The van der Waals surface area contributed by atoms with Crippen molar-refractivity contribution in [1.29, 1.82) is 0 Å². The number of nitrogens with zero attached hydrogens (tertiary/aromatic N) is 1. The first-order valence-corrected chi connectivity index (χ1v) is 6.03. The van der Waals surface area contributed by atoms with E-state index in [0.717, 1.165) is 6.07 Å². The Morgan fingerprint density at radius 3 is 2.52 bits per heavy atom. The molecule has 0 saturated heterocycles. The largest absolute Gasteiger partial charge is 0.380 e. The Kier molecular flexibility index (Phi) is 3.13. The molecule has 6 heteroatoms. The Morgan fingerprint density at radius 1 is 1.00 bits per heavy atom. The van der Waals surface area contributed by atoms with E-state index in [-0.39, 0.29) is 22.7 Å². The topological polar surface area (TPSA) is 52.0 Å². The van der Waals surface area contributed by atoms with Crippen molar-refractivity contribution < 1.29 is 17.7 Å². The number of nitrogens with two attached hydrogens (primary N) is 1. The molecule has 0 radical (unpaired) electrons. The standard InChI is InChI=1S/C15H9F3N2O/c16-9-4-1-3-8(7-9)12-14(21-20-15(12)19)10-5-2-6-11(17)13(10)18/h1-7H,(H2,19,20). The molecule has 1 heterocycles. The summed E-state index contributed by atoms with van der Waals surface area (Å²) in [6.45, 7) is 0. The molecule has 0 aliphatic heterocycles. The molecule has 1 aromatic heterocycles. The Hall–Kier alpha value is -2.76. The van der Waals surface area contributed by atoms with Crippen molar-refractivity contribution in [2.45, 2.75) is 0 Å². The van der Waals surface area contributed by atoms with Crippen LogP contribution in [0.2, 0.25) is 0 Å². The maximum atomic E-state index is 13.9. The SMILES string of the molecule is Nc1noc(-c2cccc(F)c2F)c1-c1cccc(F)c1. The van der Waals surface area contributed by atoms with Gasteiger partial charge in [-0.1, -0.05) is 23.4 Å². The number of nitrogen functional groups attached to an aromatic ring is 1. The van der Waals surface area contributed by atoms with Crippen LogP contribution in [-0.4, -0.2) is 5.16 Å². The van der Waals surface area contributed by atoms with Crippen molar-refractivity contribution in [3.8, 4) is 22.5 Å². The molecule has 0 aliphatic carbocycles. The number of hydrogen-bond donors (Lipinski definition) is 1. The summed E-state index contributed by atoms with van der Waals surface area (Å²) < 4.78 is 45.6. The first-order valence-electron chi connectivity index (χ1n) is 6.03.